The number of nitrogens with one attached hydrogen (secondary N) is 6. The predicted molar refractivity (Wildman–Crippen MR) is 253 cm³/mol. The smallest absolute Gasteiger partial charge is 0.339 e. The summed E-state index contributed by atoms with van der Waals surface area (Å²) in [6, 6.07) is 26.7. The Kier molecular flexibility index (Phi) is 14.1. The van der Waals surface area contributed by atoms with Gasteiger partial charge >= 0.3 is 20.2 Å². The first-order valence-electron chi connectivity index (χ1n) is 22.0. The van der Waals surface area contributed by atoms with E-state index in [1.165, 1.54) is 62.3 Å². The molecule has 2 fully saturated rings. The molecule has 2 amide bonds. The van der Waals surface area contributed by atoms with Gasteiger partial charge in [-0.15, -0.1) is 0 Å². The van der Waals surface area contributed by atoms with Crippen molar-refractivity contribution in [2.45, 2.75) is 99.4 Å². The number of imidazole rings is 2. The van der Waals surface area contributed by atoms with E-state index in [0.29, 0.717) is 52.1 Å². The Morgan fingerprint density at radius 2 is 1.08 bits per heavy atom. The number of aromatic nitrogens is 5. The van der Waals surface area contributed by atoms with E-state index < -0.39 is 20.2 Å². The van der Waals surface area contributed by atoms with Crippen LogP contribution in [0.1, 0.15) is 87.9 Å². The molecule has 3 aromatic heterocycles. The molecule has 0 bridgehead atoms. The maximum absolute atomic E-state index is 12.8. The van der Waals surface area contributed by atoms with Crippen molar-refractivity contribution in [1.29, 1.82) is 0 Å². The number of unbranched alkanes of at least 4 members (excludes halogenated alkanes) is 1. The van der Waals surface area contributed by atoms with Gasteiger partial charge in [0.05, 0.1) is 22.1 Å². The van der Waals surface area contributed by atoms with E-state index in [4.69, 9.17) is 8.37 Å². The number of aromatic amines is 2. The Labute approximate surface area is 382 Å². The van der Waals surface area contributed by atoms with Gasteiger partial charge < -0.3 is 29.0 Å². The van der Waals surface area contributed by atoms with Crippen molar-refractivity contribution in [2.75, 3.05) is 21.3 Å². The van der Waals surface area contributed by atoms with Gasteiger partial charge in [0.25, 0.3) is 5.91 Å². The van der Waals surface area contributed by atoms with Gasteiger partial charge in [0, 0.05) is 60.0 Å². The summed E-state index contributed by atoms with van der Waals surface area (Å²) < 4.78 is 61.6. The summed E-state index contributed by atoms with van der Waals surface area (Å²) in [7, 11) is -7.99. The molecule has 19 heteroatoms. The molecule has 0 spiro atoms. The second-order valence-electron chi connectivity index (χ2n) is 16.2. The SMILES string of the molecule is CCCCC(=O)Nc1nc2ccc(OS(=O)(=O)c3ccc(NC4CCCC4)cc3)cc2[nH]1.O=C(Nc1nc2ccc(OS(=O)(=O)c3ccc(NC4CCCC4)cc3)cc2[nH]1)c1ccncc1. The van der Waals surface area contributed by atoms with Gasteiger partial charge in [-0.3, -0.25) is 25.2 Å². The maximum Gasteiger partial charge on any atom is 0.339 e. The fourth-order valence-electron chi connectivity index (χ4n) is 7.81. The van der Waals surface area contributed by atoms with Crippen LogP contribution in [-0.4, -0.2) is 65.7 Å². The van der Waals surface area contributed by atoms with E-state index in [2.05, 4.69) is 46.2 Å². The largest absolute Gasteiger partial charge is 0.382 e. The van der Waals surface area contributed by atoms with Crippen LogP contribution >= 0.6 is 0 Å². The highest BCUT2D eigenvalue weighted by Gasteiger charge is 2.21. The van der Waals surface area contributed by atoms with Crippen molar-refractivity contribution < 1.29 is 34.8 Å². The van der Waals surface area contributed by atoms with Crippen LogP contribution in [0, 0.1) is 0 Å². The molecule has 7 aromatic rings. The lowest BCUT2D eigenvalue weighted by Gasteiger charge is -2.14. The Balaban J connectivity index is 0.000000180. The molecule has 344 valence electrons. The van der Waals surface area contributed by atoms with Gasteiger partial charge in [-0.25, -0.2) is 9.97 Å². The minimum Gasteiger partial charge on any atom is -0.382 e. The topological polar surface area (TPSA) is 239 Å². The van der Waals surface area contributed by atoms with Crippen LogP contribution in [0.25, 0.3) is 22.1 Å². The normalized spacial score (nSPS) is 14.4. The minimum absolute atomic E-state index is 0.0690. The quantitative estimate of drug-likeness (QED) is 0.0496. The van der Waals surface area contributed by atoms with Gasteiger partial charge in [-0.05, 0) is 117 Å². The molecule has 17 nitrogen and oxygen atoms in total. The molecular weight excluding hydrogens is 883 g/mol. The molecule has 0 atom stereocenters. The van der Waals surface area contributed by atoms with Crippen molar-refractivity contribution in [2.24, 2.45) is 0 Å². The average Bonchev–Trinajstić information content (AvgIpc) is 4.15. The van der Waals surface area contributed by atoms with Crippen LogP contribution in [-0.2, 0) is 25.0 Å². The zero-order chi connectivity index (χ0) is 46.1. The fraction of sp³-hybridized carbons (Fsp3) is 0.298. The van der Waals surface area contributed by atoms with E-state index in [-0.39, 0.29) is 39.1 Å². The number of rotatable bonds is 16. The van der Waals surface area contributed by atoms with Gasteiger partial charge in [0.15, 0.2) is 0 Å². The van der Waals surface area contributed by atoms with Gasteiger partial charge in [0.2, 0.25) is 17.8 Å². The fourth-order valence-corrected chi connectivity index (χ4v) is 9.66. The zero-order valence-electron chi connectivity index (χ0n) is 36.2. The first-order chi connectivity index (χ1) is 31.9. The lowest BCUT2D eigenvalue weighted by molar-refractivity contribution is -0.116. The summed E-state index contributed by atoms with van der Waals surface area (Å²) in [5, 5.41) is 12.3. The zero-order valence-corrected chi connectivity index (χ0v) is 37.9. The lowest BCUT2D eigenvalue weighted by atomic mass is 10.2. The highest BCUT2D eigenvalue weighted by Crippen LogP contribution is 2.29. The molecule has 3 heterocycles. The summed E-state index contributed by atoms with van der Waals surface area (Å²) >= 11 is 0. The number of amides is 2. The Hall–Kier alpha value is -6.99. The lowest BCUT2D eigenvalue weighted by Crippen LogP contribution is -2.14. The molecule has 2 aliphatic carbocycles. The number of nitrogens with zero attached hydrogens (tertiary/aromatic N) is 3. The summed E-state index contributed by atoms with van der Waals surface area (Å²) in [4.78, 5) is 42.8. The van der Waals surface area contributed by atoms with Crippen molar-refractivity contribution in [3.63, 3.8) is 0 Å². The summed E-state index contributed by atoms with van der Waals surface area (Å²) in [6.07, 6.45) is 14.7. The molecule has 2 aliphatic rings. The van der Waals surface area contributed by atoms with E-state index in [0.717, 1.165) is 49.9 Å². The molecule has 0 saturated heterocycles. The second-order valence-corrected chi connectivity index (χ2v) is 19.3. The monoisotopic (exact) mass is 933 g/mol. The number of H-pyrrole nitrogens is 2. The van der Waals surface area contributed by atoms with E-state index >= 15 is 0 Å². The van der Waals surface area contributed by atoms with Gasteiger partial charge in [-0.2, -0.15) is 16.8 Å². The van der Waals surface area contributed by atoms with Crippen LogP contribution in [0.3, 0.4) is 0 Å². The molecule has 0 unspecified atom stereocenters. The maximum atomic E-state index is 12.8. The minimum atomic E-state index is -4.01. The van der Waals surface area contributed by atoms with Crippen LogP contribution in [0.5, 0.6) is 11.5 Å². The second kappa shape index (κ2) is 20.5. The Morgan fingerprint density at radius 1 is 0.621 bits per heavy atom. The standard InChI is InChI=1S/C24H23N5O4S.C23H28N4O4S/c30-23(16-11-13-25-14-12-16)29-24-27-21-10-7-19(15-22(21)28-24)33-34(31,32)20-8-5-18(6-9-20)26-17-3-1-2-4-17;1-2-3-8-22(28)27-23-25-20-14-11-18(15-21(20)26-23)31-32(29,30)19-12-9-17(10-13-19)24-16-6-4-5-7-16/h5-15,17,26H,1-4H2,(H2,27,28,29,30);9-16,24H,2-8H2,1H3,(H2,25,26,27,28). The third-order valence-electron chi connectivity index (χ3n) is 11.2. The Bertz CT molecular complexity index is 3000. The highest BCUT2D eigenvalue weighted by molar-refractivity contribution is 7.87. The number of fused-ring (bicyclic) bond motifs is 2. The van der Waals surface area contributed by atoms with E-state index in [1.807, 2.05) is 6.92 Å². The number of hydrogen-bond donors (Lipinski definition) is 6. The number of pyridine rings is 1. The van der Waals surface area contributed by atoms with Gasteiger partial charge in [-0.1, -0.05) is 39.0 Å². The first kappa shape index (κ1) is 45.6. The summed E-state index contributed by atoms with van der Waals surface area (Å²) in [6.45, 7) is 2.02. The number of hydrogen-bond acceptors (Lipinski definition) is 13. The van der Waals surface area contributed by atoms with Crippen molar-refractivity contribution >= 4 is 77.4 Å². The van der Waals surface area contributed by atoms with Crippen LogP contribution < -0.4 is 29.6 Å². The van der Waals surface area contributed by atoms with Crippen LogP contribution in [0.2, 0.25) is 0 Å². The third kappa shape index (κ3) is 11.8. The highest BCUT2D eigenvalue weighted by atomic mass is 32.2. The van der Waals surface area contributed by atoms with Crippen molar-refractivity contribution in [3.8, 4) is 11.5 Å². The molecule has 6 N–H and O–H groups in total. The van der Waals surface area contributed by atoms with Crippen LogP contribution in [0.15, 0.2) is 119 Å². The van der Waals surface area contributed by atoms with Gasteiger partial charge in [0.1, 0.15) is 21.3 Å². The molecule has 2 saturated carbocycles. The predicted octanol–water partition coefficient (Wildman–Crippen LogP) is 9.15. The number of anilines is 4. The average molecular weight is 934 g/mol. The van der Waals surface area contributed by atoms with E-state index in [9.17, 15) is 26.4 Å². The molecule has 0 radical (unpaired) electrons. The summed E-state index contributed by atoms with van der Waals surface area (Å²) in [5.74, 6) is 0.408. The molecule has 9 rings (SSSR count). The number of carbonyl (C=O) groups excluding carboxylic acids is 2. The number of carbonyl (C=O) groups is 2. The Morgan fingerprint density at radius 3 is 1.53 bits per heavy atom. The third-order valence-corrected chi connectivity index (χ3v) is 13.8. The first-order valence-corrected chi connectivity index (χ1v) is 24.8. The molecular formula is C47H51N9O8S2. The number of benzene rings is 4. The molecule has 0 aliphatic heterocycles. The van der Waals surface area contributed by atoms with Crippen LogP contribution in [0.4, 0.5) is 23.3 Å². The molecule has 4 aromatic carbocycles. The van der Waals surface area contributed by atoms with Crippen molar-refractivity contribution in [3.05, 3.63) is 115 Å². The molecule has 66 heavy (non-hydrogen) atoms. The van der Waals surface area contributed by atoms with E-state index in [1.54, 1.807) is 72.8 Å². The van der Waals surface area contributed by atoms with Crippen molar-refractivity contribution in [1.82, 2.24) is 24.9 Å². The summed E-state index contributed by atoms with van der Waals surface area (Å²) in [5.41, 5.74) is 4.48.